The van der Waals surface area contributed by atoms with Gasteiger partial charge in [0.1, 0.15) is 0 Å². The van der Waals surface area contributed by atoms with E-state index in [1.54, 1.807) is 12.3 Å². The van der Waals surface area contributed by atoms with Crippen molar-refractivity contribution >= 4 is 21.4 Å². The summed E-state index contributed by atoms with van der Waals surface area (Å²) in [5.41, 5.74) is 0.543. The molecule has 0 fully saturated rings. The third kappa shape index (κ3) is 0.883. The van der Waals surface area contributed by atoms with Crippen LogP contribution in [0.1, 0.15) is 0 Å². The molecule has 0 aliphatic carbocycles. The molecule has 0 aliphatic rings. The van der Waals surface area contributed by atoms with Crippen molar-refractivity contribution in [1.82, 2.24) is 14.6 Å². The molecule has 5 heteroatoms. The Labute approximate surface area is 70.0 Å². The lowest BCUT2D eigenvalue weighted by molar-refractivity contribution is 0.875. The lowest BCUT2D eigenvalue weighted by Gasteiger charge is -1.92. The molecule has 0 radical (unpaired) electrons. The first-order valence-electron chi connectivity index (χ1n) is 3.00. The summed E-state index contributed by atoms with van der Waals surface area (Å²) in [5, 5.41) is 6.08. The topological polar surface area (TPSA) is 50.2 Å². The van der Waals surface area contributed by atoms with E-state index in [2.05, 4.69) is 26.1 Å². The molecule has 2 heterocycles. The molecule has 4 nitrogen and oxygen atoms in total. The van der Waals surface area contributed by atoms with Crippen LogP contribution in [0.5, 0.6) is 0 Å². The minimum atomic E-state index is -0.229. The van der Waals surface area contributed by atoms with Crippen LogP contribution in [0.15, 0.2) is 27.7 Å². The molecule has 56 valence electrons. The van der Waals surface area contributed by atoms with E-state index >= 15 is 0 Å². The number of fused-ring (bicyclic) bond motifs is 1. The van der Waals surface area contributed by atoms with Gasteiger partial charge in [-0.1, -0.05) is 0 Å². The summed E-state index contributed by atoms with van der Waals surface area (Å²) in [7, 11) is 0. The van der Waals surface area contributed by atoms with Gasteiger partial charge in [-0.05, 0) is 28.1 Å². The molecular weight excluding hydrogens is 210 g/mol. The molecule has 0 atom stereocenters. The summed E-state index contributed by atoms with van der Waals surface area (Å²) in [5.74, 6) is 0. The van der Waals surface area contributed by atoms with Crippen LogP contribution >= 0.6 is 15.9 Å². The highest BCUT2D eigenvalue weighted by Crippen LogP contribution is 2.11. The van der Waals surface area contributed by atoms with Crippen molar-refractivity contribution < 1.29 is 0 Å². The molecule has 0 amide bonds. The van der Waals surface area contributed by atoms with Crippen LogP contribution < -0.4 is 5.69 Å². The molecule has 0 bridgehead atoms. The second-order valence-electron chi connectivity index (χ2n) is 2.08. The summed E-state index contributed by atoms with van der Waals surface area (Å²) in [6.45, 7) is 0. The number of aromatic amines is 1. The fourth-order valence-electron chi connectivity index (χ4n) is 0.934. The van der Waals surface area contributed by atoms with Crippen molar-refractivity contribution in [2.75, 3.05) is 0 Å². The van der Waals surface area contributed by atoms with Crippen LogP contribution in [-0.2, 0) is 0 Å². The van der Waals surface area contributed by atoms with Gasteiger partial charge in [-0.25, -0.2) is 9.89 Å². The first kappa shape index (κ1) is 6.60. The monoisotopic (exact) mass is 213 g/mol. The Balaban J connectivity index is 3.08. The third-order valence-electron chi connectivity index (χ3n) is 1.43. The highest BCUT2D eigenvalue weighted by Gasteiger charge is 2.00. The zero-order valence-electron chi connectivity index (χ0n) is 5.41. The number of hydrogen-bond donors (Lipinski definition) is 1. The van der Waals surface area contributed by atoms with Gasteiger partial charge in [0.15, 0.2) is 4.60 Å². The maximum atomic E-state index is 11.0. The van der Waals surface area contributed by atoms with Gasteiger partial charge < -0.3 is 0 Å². The van der Waals surface area contributed by atoms with Gasteiger partial charge in [0.05, 0.1) is 5.52 Å². The van der Waals surface area contributed by atoms with E-state index in [1.165, 1.54) is 4.40 Å². The fourth-order valence-corrected chi connectivity index (χ4v) is 1.35. The van der Waals surface area contributed by atoms with Crippen molar-refractivity contribution in [2.24, 2.45) is 0 Å². The number of nitrogens with zero attached hydrogens (tertiary/aromatic N) is 2. The number of halogens is 1. The predicted molar refractivity (Wildman–Crippen MR) is 43.5 cm³/mol. The Kier molecular flexibility index (Phi) is 1.32. The molecule has 1 N–H and O–H groups in total. The van der Waals surface area contributed by atoms with Crippen molar-refractivity contribution in [3.8, 4) is 0 Å². The number of aromatic nitrogens is 3. The normalized spacial score (nSPS) is 10.6. The van der Waals surface area contributed by atoms with E-state index in [-0.39, 0.29) is 5.69 Å². The quantitative estimate of drug-likeness (QED) is 0.704. The van der Waals surface area contributed by atoms with Crippen molar-refractivity contribution in [3.05, 3.63) is 33.4 Å². The Morgan fingerprint density at radius 2 is 2.45 bits per heavy atom. The molecule has 0 aromatic carbocycles. The van der Waals surface area contributed by atoms with Gasteiger partial charge in [0.2, 0.25) is 0 Å². The van der Waals surface area contributed by atoms with Crippen LogP contribution in [-0.4, -0.2) is 14.6 Å². The Bertz CT molecular complexity index is 444. The second-order valence-corrected chi connectivity index (χ2v) is 2.83. The van der Waals surface area contributed by atoms with E-state index < -0.39 is 0 Å². The van der Waals surface area contributed by atoms with E-state index in [4.69, 9.17) is 0 Å². The Hall–Kier alpha value is -1.10. The van der Waals surface area contributed by atoms with Crippen LogP contribution in [0.2, 0.25) is 0 Å². The summed E-state index contributed by atoms with van der Waals surface area (Å²) >= 11 is 3.21. The molecule has 0 spiro atoms. The standard InChI is InChI=1S/C6H4BrN3O/c7-5-4-2-1-3-10(4)6(11)9-8-5/h1-3H,(H,9,11). The SMILES string of the molecule is O=c1[nH]nc(Br)c2cccn12. The molecule has 0 saturated carbocycles. The van der Waals surface area contributed by atoms with E-state index in [0.717, 1.165) is 5.52 Å². The Morgan fingerprint density at radius 1 is 1.64 bits per heavy atom. The molecule has 0 saturated heterocycles. The van der Waals surface area contributed by atoms with Gasteiger partial charge in [-0.2, -0.15) is 5.10 Å². The van der Waals surface area contributed by atoms with Crippen LogP contribution in [0.4, 0.5) is 0 Å². The zero-order valence-corrected chi connectivity index (χ0v) is 7.00. The smallest absolute Gasteiger partial charge is 0.266 e. The summed E-state index contributed by atoms with van der Waals surface area (Å²) < 4.78 is 2.12. The van der Waals surface area contributed by atoms with E-state index in [9.17, 15) is 4.79 Å². The number of rotatable bonds is 0. The third-order valence-corrected chi connectivity index (χ3v) is 2.01. The summed E-state index contributed by atoms with van der Waals surface area (Å²) in [6.07, 6.45) is 1.68. The summed E-state index contributed by atoms with van der Waals surface area (Å²) in [4.78, 5) is 11.0. The minimum Gasteiger partial charge on any atom is -0.266 e. The van der Waals surface area contributed by atoms with Crippen molar-refractivity contribution in [2.45, 2.75) is 0 Å². The lowest BCUT2D eigenvalue weighted by Crippen LogP contribution is -2.16. The van der Waals surface area contributed by atoms with Gasteiger partial charge in [-0.15, -0.1) is 0 Å². The van der Waals surface area contributed by atoms with Crippen molar-refractivity contribution in [3.63, 3.8) is 0 Å². The summed E-state index contributed by atoms with van der Waals surface area (Å²) in [6, 6.07) is 3.60. The fraction of sp³-hybridized carbons (Fsp3) is 0. The lowest BCUT2D eigenvalue weighted by atomic mass is 10.5. The first-order chi connectivity index (χ1) is 5.29. The van der Waals surface area contributed by atoms with E-state index in [0.29, 0.717) is 4.60 Å². The maximum Gasteiger partial charge on any atom is 0.346 e. The number of nitrogens with one attached hydrogen (secondary N) is 1. The van der Waals surface area contributed by atoms with Crippen LogP contribution in [0.3, 0.4) is 0 Å². The first-order valence-corrected chi connectivity index (χ1v) is 3.79. The molecule has 2 rings (SSSR count). The molecule has 0 unspecified atom stereocenters. The largest absolute Gasteiger partial charge is 0.346 e. The molecule has 2 aromatic heterocycles. The minimum absolute atomic E-state index is 0.229. The average Bonchev–Trinajstić information content (AvgIpc) is 2.45. The van der Waals surface area contributed by atoms with Gasteiger partial charge >= 0.3 is 5.69 Å². The zero-order chi connectivity index (χ0) is 7.84. The number of hydrogen-bond acceptors (Lipinski definition) is 2. The van der Waals surface area contributed by atoms with Crippen LogP contribution in [0, 0.1) is 0 Å². The molecule has 11 heavy (non-hydrogen) atoms. The highest BCUT2D eigenvalue weighted by molar-refractivity contribution is 9.10. The Morgan fingerprint density at radius 3 is 3.18 bits per heavy atom. The molecule has 0 aliphatic heterocycles. The highest BCUT2D eigenvalue weighted by atomic mass is 79.9. The number of H-pyrrole nitrogens is 1. The van der Waals surface area contributed by atoms with Gasteiger partial charge in [0.25, 0.3) is 0 Å². The van der Waals surface area contributed by atoms with E-state index in [1.807, 2.05) is 6.07 Å². The van der Waals surface area contributed by atoms with Gasteiger partial charge in [0, 0.05) is 6.20 Å². The molecule has 2 aromatic rings. The van der Waals surface area contributed by atoms with Gasteiger partial charge in [-0.3, -0.25) is 4.40 Å². The predicted octanol–water partition coefficient (Wildman–Crippen LogP) is 0.785. The van der Waals surface area contributed by atoms with Crippen molar-refractivity contribution in [1.29, 1.82) is 0 Å². The second kappa shape index (κ2) is 2.20. The average molecular weight is 214 g/mol. The van der Waals surface area contributed by atoms with Crippen LogP contribution in [0.25, 0.3) is 5.52 Å². The maximum absolute atomic E-state index is 11.0. The molecular formula is C6H4BrN3O.